The van der Waals surface area contributed by atoms with Crippen molar-refractivity contribution >= 4 is 0 Å². The Hall–Kier alpha value is -0.870. The Bertz CT molecular complexity index is 405. The number of piperidine rings is 1. The predicted molar refractivity (Wildman–Crippen MR) is 83.6 cm³/mol. The van der Waals surface area contributed by atoms with E-state index in [1.807, 2.05) is 11.7 Å². The first-order valence-electron chi connectivity index (χ1n) is 8.16. The Morgan fingerprint density at radius 3 is 2.60 bits per heavy atom. The maximum Gasteiger partial charge on any atom is 0.0670 e. The van der Waals surface area contributed by atoms with Gasteiger partial charge >= 0.3 is 0 Å². The molecule has 0 radical (unpaired) electrons. The maximum absolute atomic E-state index is 6.08. The third-order valence-electron chi connectivity index (χ3n) is 4.64. The molecule has 0 bridgehead atoms. The molecule has 1 aliphatic heterocycles. The van der Waals surface area contributed by atoms with Crippen LogP contribution in [0, 0.1) is 5.92 Å². The molecule has 4 nitrogen and oxygen atoms in total. The summed E-state index contributed by atoms with van der Waals surface area (Å²) in [6, 6.07) is 0.348. The summed E-state index contributed by atoms with van der Waals surface area (Å²) in [6.45, 7) is 7.53. The number of aromatic nitrogens is 2. The molecule has 1 unspecified atom stereocenters. The Morgan fingerprint density at radius 2 is 2.05 bits per heavy atom. The number of likely N-dealkylation sites (tertiary alicyclic amines) is 1. The lowest BCUT2D eigenvalue weighted by molar-refractivity contribution is 0.131. The number of nitrogens with two attached hydrogens (primary N) is 1. The zero-order valence-electron chi connectivity index (χ0n) is 13.3. The van der Waals surface area contributed by atoms with Gasteiger partial charge in [-0.1, -0.05) is 26.7 Å². The van der Waals surface area contributed by atoms with Gasteiger partial charge in [0, 0.05) is 25.4 Å². The number of hydrogen-bond acceptors (Lipinski definition) is 3. The van der Waals surface area contributed by atoms with Crippen molar-refractivity contribution < 1.29 is 0 Å². The molecule has 0 amide bonds. The lowest BCUT2D eigenvalue weighted by atomic mass is 9.91. The SMILES string of the molecule is CCCC1CCN(C(CN)c2cn(C)nc2CC)CC1. The number of rotatable bonds is 6. The zero-order chi connectivity index (χ0) is 14.5. The van der Waals surface area contributed by atoms with Gasteiger partial charge in [-0.05, 0) is 38.3 Å². The van der Waals surface area contributed by atoms with Crippen molar-refractivity contribution in [3.63, 3.8) is 0 Å². The molecule has 1 aromatic heterocycles. The molecule has 2 N–H and O–H groups in total. The van der Waals surface area contributed by atoms with Gasteiger partial charge in [0.15, 0.2) is 0 Å². The molecular weight excluding hydrogens is 248 g/mol. The predicted octanol–water partition coefficient (Wildman–Crippen LogP) is 2.49. The molecule has 1 saturated heterocycles. The molecule has 0 spiro atoms. The Labute approximate surface area is 123 Å². The highest BCUT2D eigenvalue weighted by atomic mass is 15.3. The topological polar surface area (TPSA) is 47.1 Å². The lowest BCUT2D eigenvalue weighted by Crippen LogP contribution is -2.40. The van der Waals surface area contributed by atoms with Crippen LogP contribution in [-0.2, 0) is 13.5 Å². The van der Waals surface area contributed by atoms with E-state index in [4.69, 9.17) is 5.73 Å². The van der Waals surface area contributed by atoms with Crippen LogP contribution >= 0.6 is 0 Å². The monoisotopic (exact) mass is 278 g/mol. The highest BCUT2D eigenvalue weighted by Crippen LogP contribution is 2.29. The lowest BCUT2D eigenvalue weighted by Gasteiger charge is -2.37. The number of aryl methyl sites for hydroxylation is 2. The van der Waals surface area contributed by atoms with Gasteiger partial charge < -0.3 is 5.73 Å². The van der Waals surface area contributed by atoms with Crippen LogP contribution in [0.2, 0.25) is 0 Å². The molecule has 1 fully saturated rings. The molecule has 1 aliphatic rings. The molecule has 0 aromatic carbocycles. The summed E-state index contributed by atoms with van der Waals surface area (Å²) in [5.74, 6) is 0.925. The van der Waals surface area contributed by atoms with Crippen LogP contribution in [0.1, 0.15) is 56.8 Å². The first kappa shape index (κ1) is 15.5. The molecule has 114 valence electrons. The van der Waals surface area contributed by atoms with Crippen LogP contribution in [0.25, 0.3) is 0 Å². The van der Waals surface area contributed by atoms with Crippen LogP contribution in [0.5, 0.6) is 0 Å². The summed E-state index contributed by atoms with van der Waals surface area (Å²) in [5.41, 5.74) is 8.63. The van der Waals surface area contributed by atoms with Crippen molar-refractivity contribution in [2.75, 3.05) is 19.6 Å². The second-order valence-corrected chi connectivity index (χ2v) is 6.08. The zero-order valence-corrected chi connectivity index (χ0v) is 13.3. The Morgan fingerprint density at radius 1 is 1.35 bits per heavy atom. The van der Waals surface area contributed by atoms with E-state index in [2.05, 4.69) is 30.0 Å². The molecular formula is C16H30N4. The minimum absolute atomic E-state index is 0.348. The summed E-state index contributed by atoms with van der Waals surface area (Å²) < 4.78 is 1.93. The van der Waals surface area contributed by atoms with Crippen LogP contribution < -0.4 is 5.73 Å². The number of hydrogen-bond donors (Lipinski definition) is 1. The molecule has 2 heterocycles. The minimum Gasteiger partial charge on any atom is -0.329 e. The van der Waals surface area contributed by atoms with E-state index in [9.17, 15) is 0 Å². The summed E-state index contributed by atoms with van der Waals surface area (Å²) in [4.78, 5) is 2.57. The van der Waals surface area contributed by atoms with Gasteiger partial charge in [0.05, 0.1) is 11.7 Å². The van der Waals surface area contributed by atoms with E-state index < -0.39 is 0 Å². The molecule has 1 atom stereocenters. The van der Waals surface area contributed by atoms with E-state index in [1.54, 1.807) is 0 Å². The normalized spacial score (nSPS) is 19.4. The first-order valence-corrected chi connectivity index (χ1v) is 8.16. The molecule has 20 heavy (non-hydrogen) atoms. The quantitative estimate of drug-likeness (QED) is 0.869. The largest absolute Gasteiger partial charge is 0.329 e. The van der Waals surface area contributed by atoms with Crippen LogP contribution in [0.4, 0.5) is 0 Å². The smallest absolute Gasteiger partial charge is 0.0670 e. The second kappa shape index (κ2) is 7.23. The van der Waals surface area contributed by atoms with E-state index >= 15 is 0 Å². The van der Waals surface area contributed by atoms with Crippen molar-refractivity contribution in [2.24, 2.45) is 18.7 Å². The fraction of sp³-hybridized carbons (Fsp3) is 0.812. The third kappa shape index (κ3) is 3.41. The summed E-state index contributed by atoms with van der Waals surface area (Å²) >= 11 is 0. The van der Waals surface area contributed by atoms with Gasteiger partial charge in [-0.3, -0.25) is 9.58 Å². The highest BCUT2D eigenvalue weighted by Gasteiger charge is 2.27. The van der Waals surface area contributed by atoms with Crippen molar-refractivity contribution in [1.29, 1.82) is 0 Å². The summed E-state index contributed by atoms with van der Waals surface area (Å²) in [7, 11) is 2.00. The van der Waals surface area contributed by atoms with Crippen LogP contribution in [0.3, 0.4) is 0 Å². The van der Waals surface area contributed by atoms with E-state index in [0.29, 0.717) is 12.6 Å². The fourth-order valence-electron chi connectivity index (χ4n) is 3.54. The van der Waals surface area contributed by atoms with Gasteiger partial charge in [0.25, 0.3) is 0 Å². The summed E-state index contributed by atoms with van der Waals surface area (Å²) in [6.07, 6.45) is 8.49. The average Bonchev–Trinajstić information content (AvgIpc) is 2.83. The molecule has 1 aromatic rings. The maximum atomic E-state index is 6.08. The minimum atomic E-state index is 0.348. The van der Waals surface area contributed by atoms with E-state index in [0.717, 1.165) is 12.3 Å². The first-order chi connectivity index (χ1) is 9.69. The molecule has 4 heteroatoms. The van der Waals surface area contributed by atoms with Crippen molar-refractivity contribution in [1.82, 2.24) is 14.7 Å². The van der Waals surface area contributed by atoms with Crippen molar-refractivity contribution in [3.8, 4) is 0 Å². The van der Waals surface area contributed by atoms with Gasteiger partial charge in [-0.25, -0.2) is 0 Å². The van der Waals surface area contributed by atoms with Gasteiger partial charge in [-0.15, -0.1) is 0 Å². The van der Waals surface area contributed by atoms with Crippen molar-refractivity contribution in [2.45, 2.75) is 52.0 Å². The van der Waals surface area contributed by atoms with Gasteiger partial charge in [0.1, 0.15) is 0 Å². The third-order valence-corrected chi connectivity index (χ3v) is 4.64. The standard InChI is InChI=1S/C16H30N4/c1-4-6-13-7-9-20(10-8-13)16(11-17)14-12-19(3)18-15(14)5-2/h12-13,16H,4-11,17H2,1-3H3. The number of nitrogens with zero attached hydrogens (tertiary/aromatic N) is 3. The van der Waals surface area contributed by atoms with Crippen LogP contribution in [-0.4, -0.2) is 34.3 Å². The van der Waals surface area contributed by atoms with E-state index in [-0.39, 0.29) is 0 Å². The Balaban J connectivity index is 2.05. The fourth-order valence-corrected chi connectivity index (χ4v) is 3.54. The van der Waals surface area contributed by atoms with Crippen molar-refractivity contribution in [3.05, 3.63) is 17.5 Å². The summed E-state index contributed by atoms with van der Waals surface area (Å²) in [5, 5.41) is 4.57. The highest BCUT2D eigenvalue weighted by molar-refractivity contribution is 5.22. The average molecular weight is 278 g/mol. The molecule has 2 rings (SSSR count). The molecule has 0 saturated carbocycles. The van der Waals surface area contributed by atoms with Crippen LogP contribution in [0.15, 0.2) is 6.20 Å². The van der Waals surface area contributed by atoms with Gasteiger partial charge in [-0.2, -0.15) is 5.10 Å². The van der Waals surface area contributed by atoms with Gasteiger partial charge in [0.2, 0.25) is 0 Å². The second-order valence-electron chi connectivity index (χ2n) is 6.08. The Kier molecular flexibility index (Phi) is 5.61. The molecule has 0 aliphatic carbocycles. The van der Waals surface area contributed by atoms with E-state index in [1.165, 1.54) is 50.0 Å².